The molecule has 3 rings (SSSR count). The zero-order valence-electron chi connectivity index (χ0n) is 18.7. The van der Waals surface area contributed by atoms with Crippen molar-refractivity contribution in [3.63, 3.8) is 0 Å². The first kappa shape index (κ1) is 25.2. The molecule has 1 heterocycles. The van der Waals surface area contributed by atoms with E-state index in [9.17, 15) is 14.4 Å². The number of nitrogens with zero attached hydrogens (tertiary/aromatic N) is 2. The van der Waals surface area contributed by atoms with Gasteiger partial charge >= 0.3 is 0 Å². The average molecular weight is 498 g/mol. The minimum absolute atomic E-state index is 0.0102. The number of nitrogens with one attached hydrogen (secondary N) is 3. The summed E-state index contributed by atoms with van der Waals surface area (Å²) < 4.78 is 0. The van der Waals surface area contributed by atoms with Gasteiger partial charge in [0.05, 0.1) is 0 Å². The van der Waals surface area contributed by atoms with Gasteiger partial charge in [-0.25, -0.2) is 9.97 Å². The van der Waals surface area contributed by atoms with Gasteiger partial charge in [0.25, 0.3) is 11.8 Å². The van der Waals surface area contributed by atoms with Crippen molar-refractivity contribution in [2.24, 2.45) is 0 Å². The fourth-order valence-corrected chi connectivity index (χ4v) is 3.94. The Hall–Kier alpha value is -3.43. The van der Waals surface area contributed by atoms with Crippen molar-refractivity contribution >= 4 is 41.1 Å². The van der Waals surface area contributed by atoms with Crippen LogP contribution in [0.5, 0.6) is 0 Å². The van der Waals surface area contributed by atoms with Crippen molar-refractivity contribution in [1.29, 1.82) is 0 Å². The lowest BCUT2D eigenvalue weighted by Gasteiger charge is -2.09. The van der Waals surface area contributed by atoms with Crippen LogP contribution in [0.4, 0.5) is 0 Å². The Balaban J connectivity index is 1.38. The number of thioether (sulfide) groups is 1. The molecule has 2 aromatic carbocycles. The molecule has 0 spiro atoms. The molecule has 0 saturated heterocycles. The van der Waals surface area contributed by atoms with Crippen molar-refractivity contribution in [3.8, 4) is 0 Å². The number of rotatable bonds is 8. The third-order valence-corrected chi connectivity index (χ3v) is 5.78. The highest BCUT2D eigenvalue weighted by atomic mass is 35.5. The van der Waals surface area contributed by atoms with Crippen molar-refractivity contribution < 1.29 is 14.4 Å². The lowest BCUT2D eigenvalue weighted by atomic mass is 10.1. The highest BCUT2D eigenvalue weighted by Gasteiger charge is 2.10. The van der Waals surface area contributed by atoms with Crippen LogP contribution in [0.1, 0.15) is 44.1 Å². The number of halogens is 1. The number of carbonyl (C=O) groups excluding carboxylic acids is 3. The molecule has 0 bridgehead atoms. The molecule has 34 heavy (non-hydrogen) atoms. The zero-order chi connectivity index (χ0) is 24.5. The van der Waals surface area contributed by atoms with E-state index in [1.54, 1.807) is 36.4 Å². The molecule has 0 fully saturated rings. The maximum atomic E-state index is 12.3. The Labute approximate surface area is 206 Å². The minimum Gasteiger partial charge on any atom is -0.352 e. The number of hydrazine groups is 1. The number of benzene rings is 2. The highest BCUT2D eigenvalue weighted by molar-refractivity contribution is 7.98. The molecule has 0 aliphatic carbocycles. The van der Waals surface area contributed by atoms with Gasteiger partial charge in [-0.05, 0) is 61.9 Å². The standard InChI is InChI=1S/C24H24ClN5O3S/c1-15-13-16(2)28-24(27-15)34-14-17-3-5-19(6-4-17)23(33)30-29-21(31)11-12-26-22(32)18-7-9-20(25)10-8-18/h3-10,13H,11-12,14H2,1-2H3,(H,26,32)(H,29,31)(H,30,33). The summed E-state index contributed by atoms with van der Waals surface area (Å²) in [6.45, 7) is 3.99. The van der Waals surface area contributed by atoms with Crippen LogP contribution in [0.3, 0.4) is 0 Å². The summed E-state index contributed by atoms with van der Waals surface area (Å²) in [6.07, 6.45) is 0.0102. The molecule has 10 heteroatoms. The molecule has 3 amide bonds. The van der Waals surface area contributed by atoms with E-state index in [1.807, 2.05) is 32.0 Å². The lowest BCUT2D eigenvalue weighted by Crippen LogP contribution is -2.42. The largest absolute Gasteiger partial charge is 0.352 e. The Morgan fingerprint density at radius 1 is 0.853 bits per heavy atom. The molecule has 1 aromatic heterocycles. The van der Waals surface area contributed by atoms with Gasteiger partial charge in [-0.1, -0.05) is 35.5 Å². The lowest BCUT2D eigenvalue weighted by molar-refractivity contribution is -0.121. The number of hydrogen-bond acceptors (Lipinski definition) is 6. The molecule has 0 unspecified atom stereocenters. The van der Waals surface area contributed by atoms with Crippen LogP contribution in [0.15, 0.2) is 59.8 Å². The first-order valence-corrected chi connectivity index (χ1v) is 11.8. The number of aromatic nitrogens is 2. The quantitative estimate of drug-likeness (QED) is 0.249. The van der Waals surface area contributed by atoms with Crippen LogP contribution in [-0.4, -0.2) is 34.2 Å². The second-order valence-corrected chi connectivity index (χ2v) is 8.81. The van der Waals surface area contributed by atoms with Gasteiger partial charge in [-0.2, -0.15) is 0 Å². The fraction of sp³-hybridized carbons (Fsp3) is 0.208. The summed E-state index contributed by atoms with van der Waals surface area (Å²) in [7, 11) is 0. The van der Waals surface area contributed by atoms with Gasteiger partial charge in [0.2, 0.25) is 5.91 Å². The second-order valence-electron chi connectivity index (χ2n) is 7.43. The maximum Gasteiger partial charge on any atom is 0.269 e. The molecular formula is C24H24ClN5O3S. The summed E-state index contributed by atoms with van der Waals surface area (Å²) in [6, 6.07) is 15.4. The average Bonchev–Trinajstić information content (AvgIpc) is 2.81. The first-order valence-electron chi connectivity index (χ1n) is 10.5. The van der Waals surface area contributed by atoms with E-state index >= 15 is 0 Å². The van der Waals surface area contributed by atoms with Gasteiger partial charge < -0.3 is 5.32 Å². The first-order chi connectivity index (χ1) is 16.3. The summed E-state index contributed by atoms with van der Waals surface area (Å²) in [5, 5.41) is 3.89. The van der Waals surface area contributed by atoms with Crippen LogP contribution in [0.2, 0.25) is 5.02 Å². The molecule has 0 aliphatic heterocycles. The van der Waals surface area contributed by atoms with Gasteiger partial charge in [0, 0.05) is 46.3 Å². The molecular weight excluding hydrogens is 474 g/mol. The minimum atomic E-state index is -0.435. The number of amides is 3. The van der Waals surface area contributed by atoms with Crippen LogP contribution in [-0.2, 0) is 10.5 Å². The van der Waals surface area contributed by atoms with E-state index in [2.05, 4.69) is 26.1 Å². The summed E-state index contributed by atoms with van der Waals surface area (Å²) in [5.41, 5.74) is 8.44. The van der Waals surface area contributed by atoms with Crippen molar-refractivity contribution in [2.45, 2.75) is 31.2 Å². The van der Waals surface area contributed by atoms with E-state index < -0.39 is 11.8 Å². The SMILES string of the molecule is Cc1cc(C)nc(SCc2ccc(C(=O)NNC(=O)CCNC(=O)c3ccc(Cl)cc3)cc2)n1. The molecule has 0 saturated carbocycles. The summed E-state index contributed by atoms with van der Waals surface area (Å²) in [4.78, 5) is 45.0. The van der Waals surface area contributed by atoms with Crippen LogP contribution >= 0.6 is 23.4 Å². The number of hydrogen-bond donors (Lipinski definition) is 3. The van der Waals surface area contributed by atoms with E-state index in [-0.39, 0.29) is 18.9 Å². The van der Waals surface area contributed by atoms with Crippen LogP contribution in [0.25, 0.3) is 0 Å². The van der Waals surface area contributed by atoms with E-state index in [0.29, 0.717) is 27.1 Å². The Bertz CT molecular complexity index is 1150. The number of carbonyl (C=O) groups is 3. The maximum absolute atomic E-state index is 12.3. The van der Waals surface area contributed by atoms with E-state index in [4.69, 9.17) is 11.6 Å². The third-order valence-electron chi connectivity index (χ3n) is 4.61. The van der Waals surface area contributed by atoms with E-state index in [1.165, 1.54) is 11.8 Å². The molecule has 3 N–H and O–H groups in total. The summed E-state index contributed by atoms with van der Waals surface area (Å²) >= 11 is 7.32. The van der Waals surface area contributed by atoms with Crippen molar-refractivity contribution in [3.05, 3.63) is 87.7 Å². The van der Waals surface area contributed by atoms with Gasteiger partial charge in [-0.3, -0.25) is 25.2 Å². The Morgan fingerprint density at radius 3 is 2.09 bits per heavy atom. The fourth-order valence-electron chi connectivity index (χ4n) is 2.91. The predicted molar refractivity (Wildman–Crippen MR) is 132 cm³/mol. The topological polar surface area (TPSA) is 113 Å². The highest BCUT2D eigenvalue weighted by Crippen LogP contribution is 2.20. The molecule has 0 aliphatic rings. The molecule has 3 aromatic rings. The zero-order valence-corrected chi connectivity index (χ0v) is 20.3. The van der Waals surface area contributed by atoms with E-state index in [0.717, 1.165) is 17.0 Å². The number of aryl methyl sites for hydroxylation is 2. The smallest absolute Gasteiger partial charge is 0.269 e. The van der Waals surface area contributed by atoms with Crippen LogP contribution in [0, 0.1) is 13.8 Å². The monoisotopic (exact) mass is 497 g/mol. The van der Waals surface area contributed by atoms with Crippen molar-refractivity contribution in [2.75, 3.05) is 6.54 Å². The van der Waals surface area contributed by atoms with Gasteiger partial charge in [0.1, 0.15) is 0 Å². The van der Waals surface area contributed by atoms with Crippen molar-refractivity contribution in [1.82, 2.24) is 26.1 Å². The van der Waals surface area contributed by atoms with Gasteiger partial charge in [-0.15, -0.1) is 0 Å². The summed E-state index contributed by atoms with van der Waals surface area (Å²) in [5.74, 6) is -0.499. The van der Waals surface area contributed by atoms with Gasteiger partial charge in [0.15, 0.2) is 5.16 Å². The van der Waals surface area contributed by atoms with Crippen LogP contribution < -0.4 is 16.2 Å². The molecule has 176 valence electrons. The Morgan fingerprint density at radius 2 is 1.44 bits per heavy atom. The molecule has 0 atom stereocenters. The predicted octanol–water partition coefficient (Wildman–Crippen LogP) is 3.62. The normalized spacial score (nSPS) is 10.4. The molecule has 8 nitrogen and oxygen atoms in total. The third kappa shape index (κ3) is 7.86. The Kier molecular flexibility index (Phi) is 9.00. The second kappa shape index (κ2) is 12.2. The molecule has 0 radical (unpaired) electrons.